The number of ether oxygens (including phenoxy) is 1. The summed E-state index contributed by atoms with van der Waals surface area (Å²) in [7, 11) is 0. The zero-order valence-electron chi connectivity index (χ0n) is 15.8. The van der Waals surface area contributed by atoms with Crippen LogP contribution in [0.25, 0.3) is 11.0 Å². The SMILES string of the molecule is CCOc1ccc(NC(=O)Cc2coc3ccc(C(C)(C)C)cc23)cc1. The fourth-order valence-electron chi connectivity index (χ4n) is 2.86. The van der Waals surface area contributed by atoms with Crippen LogP contribution in [-0.2, 0) is 16.6 Å². The van der Waals surface area contributed by atoms with Gasteiger partial charge in [0.15, 0.2) is 0 Å². The van der Waals surface area contributed by atoms with E-state index in [1.807, 2.05) is 37.3 Å². The summed E-state index contributed by atoms with van der Waals surface area (Å²) in [6.07, 6.45) is 1.95. The Morgan fingerprint density at radius 3 is 2.50 bits per heavy atom. The van der Waals surface area contributed by atoms with E-state index >= 15 is 0 Å². The second kappa shape index (κ2) is 7.24. The van der Waals surface area contributed by atoms with Crippen molar-refractivity contribution in [2.45, 2.75) is 39.5 Å². The number of amides is 1. The summed E-state index contributed by atoms with van der Waals surface area (Å²) in [5, 5.41) is 3.92. The van der Waals surface area contributed by atoms with E-state index in [0.29, 0.717) is 6.61 Å². The smallest absolute Gasteiger partial charge is 0.228 e. The van der Waals surface area contributed by atoms with E-state index in [4.69, 9.17) is 9.15 Å². The summed E-state index contributed by atoms with van der Waals surface area (Å²) < 4.78 is 11.0. The molecule has 0 aliphatic rings. The van der Waals surface area contributed by atoms with Crippen LogP contribution in [0.5, 0.6) is 5.75 Å². The Bertz CT molecular complexity index is 901. The highest BCUT2D eigenvalue weighted by atomic mass is 16.5. The summed E-state index contributed by atoms with van der Waals surface area (Å²) >= 11 is 0. The van der Waals surface area contributed by atoms with E-state index in [-0.39, 0.29) is 17.7 Å². The molecule has 136 valence electrons. The third-order valence-corrected chi connectivity index (χ3v) is 4.32. The van der Waals surface area contributed by atoms with Crippen molar-refractivity contribution in [3.05, 3.63) is 59.9 Å². The highest BCUT2D eigenvalue weighted by Gasteiger charge is 2.17. The normalized spacial score (nSPS) is 11.5. The molecule has 0 aliphatic heterocycles. The lowest BCUT2D eigenvalue weighted by Gasteiger charge is -2.18. The van der Waals surface area contributed by atoms with Crippen molar-refractivity contribution in [3.8, 4) is 5.75 Å². The Labute approximate surface area is 154 Å². The number of carbonyl (C=O) groups excluding carboxylic acids is 1. The van der Waals surface area contributed by atoms with Gasteiger partial charge in [0.1, 0.15) is 11.3 Å². The third-order valence-electron chi connectivity index (χ3n) is 4.32. The fraction of sp³-hybridized carbons (Fsp3) is 0.318. The minimum atomic E-state index is -0.0713. The maximum absolute atomic E-state index is 12.4. The molecule has 0 bridgehead atoms. The van der Waals surface area contributed by atoms with Gasteiger partial charge < -0.3 is 14.5 Å². The number of carbonyl (C=O) groups is 1. The first-order chi connectivity index (χ1) is 12.4. The summed E-state index contributed by atoms with van der Waals surface area (Å²) in [5.74, 6) is 0.721. The van der Waals surface area contributed by atoms with Crippen LogP contribution in [0.3, 0.4) is 0 Å². The molecule has 2 aromatic carbocycles. The summed E-state index contributed by atoms with van der Waals surface area (Å²) in [5.41, 5.74) is 3.73. The summed E-state index contributed by atoms with van der Waals surface area (Å²) in [6.45, 7) is 9.08. The van der Waals surface area contributed by atoms with E-state index < -0.39 is 0 Å². The van der Waals surface area contributed by atoms with Crippen LogP contribution in [0, 0.1) is 0 Å². The molecule has 3 rings (SSSR count). The van der Waals surface area contributed by atoms with E-state index in [1.54, 1.807) is 6.26 Å². The van der Waals surface area contributed by atoms with Crippen molar-refractivity contribution in [2.24, 2.45) is 0 Å². The zero-order chi connectivity index (χ0) is 18.7. The Morgan fingerprint density at radius 2 is 1.85 bits per heavy atom. The Kier molecular flexibility index (Phi) is 5.03. The van der Waals surface area contributed by atoms with Crippen LogP contribution in [0.1, 0.15) is 38.8 Å². The van der Waals surface area contributed by atoms with Crippen molar-refractivity contribution in [2.75, 3.05) is 11.9 Å². The molecule has 1 aromatic heterocycles. The number of anilines is 1. The molecule has 1 amide bonds. The average molecular weight is 351 g/mol. The second-order valence-electron chi connectivity index (χ2n) is 7.40. The molecule has 4 nitrogen and oxygen atoms in total. The molecule has 0 aliphatic carbocycles. The molecule has 1 N–H and O–H groups in total. The molecule has 26 heavy (non-hydrogen) atoms. The van der Waals surface area contributed by atoms with Gasteiger partial charge in [-0.2, -0.15) is 0 Å². The van der Waals surface area contributed by atoms with Crippen LogP contribution in [0.15, 0.2) is 53.1 Å². The lowest BCUT2D eigenvalue weighted by atomic mass is 9.86. The largest absolute Gasteiger partial charge is 0.494 e. The maximum atomic E-state index is 12.4. The molecule has 0 fully saturated rings. The molecule has 0 saturated carbocycles. The van der Waals surface area contributed by atoms with Gasteiger partial charge in [0.2, 0.25) is 5.91 Å². The summed E-state index contributed by atoms with van der Waals surface area (Å²) in [6, 6.07) is 13.6. The minimum Gasteiger partial charge on any atom is -0.494 e. The van der Waals surface area contributed by atoms with Gasteiger partial charge in [-0.05, 0) is 54.3 Å². The number of nitrogens with one attached hydrogen (secondary N) is 1. The van der Waals surface area contributed by atoms with Crippen molar-refractivity contribution in [1.82, 2.24) is 0 Å². The maximum Gasteiger partial charge on any atom is 0.228 e. The molecular weight excluding hydrogens is 326 g/mol. The first-order valence-electron chi connectivity index (χ1n) is 8.90. The molecule has 0 saturated heterocycles. The molecule has 4 heteroatoms. The van der Waals surface area contributed by atoms with Gasteiger partial charge in [-0.1, -0.05) is 26.8 Å². The van der Waals surface area contributed by atoms with Crippen LogP contribution in [0.2, 0.25) is 0 Å². The Hall–Kier alpha value is -2.75. The number of rotatable bonds is 5. The minimum absolute atomic E-state index is 0.0489. The average Bonchev–Trinajstić information content (AvgIpc) is 2.98. The molecule has 0 atom stereocenters. The molecule has 0 spiro atoms. The molecule has 3 aromatic rings. The lowest BCUT2D eigenvalue weighted by molar-refractivity contribution is -0.115. The van der Waals surface area contributed by atoms with E-state index in [9.17, 15) is 4.79 Å². The van der Waals surface area contributed by atoms with E-state index in [0.717, 1.165) is 28.0 Å². The monoisotopic (exact) mass is 351 g/mol. The van der Waals surface area contributed by atoms with Gasteiger partial charge in [-0.15, -0.1) is 0 Å². The van der Waals surface area contributed by atoms with E-state index in [2.05, 4.69) is 38.2 Å². The van der Waals surface area contributed by atoms with Crippen LogP contribution >= 0.6 is 0 Å². The van der Waals surface area contributed by atoms with E-state index in [1.165, 1.54) is 5.56 Å². The number of benzene rings is 2. The number of fused-ring (bicyclic) bond motifs is 1. The standard InChI is InChI=1S/C22H25NO3/c1-5-25-18-9-7-17(8-10-18)23-21(24)12-15-14-26-20-11-6-16(13-19(15)20)22(2,3)4/h6-11,13-14H,5,12H2,1-4H3,(H,23,24). The fourth-order valence-corrected chi connectivity index (χ4v) is 2.86. The topological polar surface area (TPSA) is 51.5 Å². The molecule has 1 heterocycles. The quantitative estimate of drug-likeness (QED) is 0.678. The second-order valence-corrected chi connectivity index (χ2v) is 7.40. The highest BCUT2D eigenvalue weighted by Crippen LogP contribution is 2.29. The Morgan fingerprint density at radius 1 is 1.12 bits per heavy atom. The van der Waals surface area contributed by atoms with Gasteiger partial charge in [0, 0.05) is 16.6 Å². The number of hydrogen-bond acceptors (Lipinski definition) is 3. The number of furan rings is 1. The predicted molar refractivity (Wildman–Crippen MR) is 105 cm³/mol. The van der Waals surface area contributed by atoms with Crippen LogP contribution in [0.4, 0.5) is 5.69 Å². The first-order valence-corrected chi connectivity index (χ1v) is 8.90. The number of hydrogen-bond donors (Lipinski definition) is 1. The van der Waals surface area contributed by atoms with Gasteiger partial charge in [-0.3, -0.25) is 4.79 Å². The third kappa shape index (κ3) is 4.07. The lowest BCUT2D eigenvalue weighted by Crippen LogP contribution is -2.14. The van der Waals surface area contributed by atoms with Crippen LogP contribution in [-0.4, -0.2) is 12.5 Å². The van der Waals surface area contributed by atoms with Crippen molar-refractivity contribution >= 4 is 22.6 Å². The first kappa shape index (κ1) is 18.1. The molecule has 0 unspecified atom stereocenters. The van der Waals surface area contributed by atoms with Crippen molar-refractivity contribution in [3.63, 3.8) is 0 Å². The Balaban J connectivity index is 1.74. The van der Waals surface area contributed by atoms with Gasteiger partial charge >= 0.3 is 0 Å². The molecular formula is C22H25NO3. The zero-order valence-corrected chi connectivity index (χ0v) is 15.8. The van der Waals surface area contributed by atoms with Gasteiger partial charge in [0.05, 0.1) is 19.3 Å². The highest BCUT2D eigenvalue weighted by molar-refractivity contribution is 5.95. The predicted octanol–water partition coefficient (Wildman–Crippen LogP) is 5.31. The van der Waals surface area contributed by atoms with Crippen LogP contribution < -0.4 is 10.1 Å². The summed E-state index contributed by atoms with van der Waals surface area (Å²) in [4.78, 5) is 12.4. The van der Waals surface area contributed by atoms with Crippen molar-refractivity contribution in [1.29, 1.82) is 0 Å². The van der Waals surface area contributed by atoms with Crippen molar-refractivity contribution < 1.29 is 13.9 Å². The van der Waals surface area contributed by atoms with Gasteiger partial charge in [0.25, 0.3) is 0 Å². The molecule has 0 radical (unpaired) electrons. The van der Waals surface area contributed by atoms with Gasteiger partial charge in [-0.25, -0.2) is 0 Å².